The van der Waals surface area contributed by atoms with Gasteiger partial charge in [-0.2, -0.15) is 0 Å². The van der Waals surface area contributed by atoms with E-state index in [1.54, 1.807) is 0 Å². The van der Waals surface area contributed by atoms with Gasteiger partial charge in [-0.25, -0.2) is 13.6 Å². The van der Waals surface area contributed by atoms with Crippen LogP contribution in [0.3, 0.4) is 0 Å². The zero-order chi connectivity index (χ0) is 16.4. The van der Waals surface area contributed by atoms with Crippen LogP contribution in [0.2, 0.25) is 0 Å². The van der Waals surface area contributed by atoms with Gasteiger partial charge in [0.1, 0.15) is 23.1 Å². The van der Waals surface area contributed by atoms with Crippen molar-refractivity contribution in [3.05, 3.63) is 47.7 Å². The molecule has 0 unspecified atom stereocenters. The van der Waals surface area contributed by atoms with Crippen LogP contribution in [0, 0.1) is 11.6 Å². The summed E-state index contributed by atoms with van der Waals surface area (Å²) in [6.45, 7) is 6.79. The predicted molar refractivity (Wildman–Crippen MR) is 79.5 cm³/mol. The summed E-state index contributed by atoms with van der Waals surface area (Å²) < 4.78 is 38.0. The zero-order valence-corrected chi connectivity index (χ0v) is 12.2. The maximum Gasteiger partial charge on any atom is 0.338 e. The molecular formula is C15H10ClF2NO3. The molecule has 1 heterocycles. The summed E-state index contributed by atoms with van der Waals surface area (Å²) >= 11 is 5.73. The highest BCUT2D eigenvalue weighted by molar-refractivity contribution is 6.48. The average molecular weight is 326 g/mol. The summed E-state index contributed by atoms with van der Waals surface area (Å²) in [5.41, 5.74) is -0.510. The molecule has 2 aromatic rings. The molecule has 0 aliphatic carbocycles. The maximum atomic E-state index is 14.1. The lowest BCUT2D eigenvalue weighted by Crippen LogP contribution is -2.03. The summed E-state index contributed by atoms with van der Waals surface area (Å²) in [4.78, 5) is 15.0. The lowest BCUT2D eigenvalue weighted by Gasteiger charge is -2.05. The van der Waals surface area contributed by atoms with E-state index in [9.17, 15) is 13.6 Å². The second-order valence-corrected chi connectivity index (χ2v) is 4.65. The van der Waals surface area contributed by atoms with Crippen LogP contribution in [0.5, 0.6) is 0 Å². The van der Waals surface area contributed by atoms with Crippen molar-refractivity contribution in [2.24, 2.45) is 4.99 Å². The van der Waals surface area contributed by atoms with Gasteiger partial charge in [-0.3, -0.25) is 4.99 Å². The Balaban J connectivity index is 2.61. The van der Waals surface area contributed by atoms with Crippen LogP contribution < -0.4 is 0 Å². The molecule has 0 spiro atoms. The molecule has 0 saturated carbocycles. The van der Waals surface area contributed by atoms with Gasteiger partial charge in [0.2, 0.25) is 0 Å². The first-order valence-electron chi connectivity index (χ1n) is 5.92. The standard InChI is InChI=1S/C15H10ClF2NO3/c1-7(16)14-11(19-2)6-12(22-14)13-9(17)4-8(5-10(13)18)15(20)21-3/h4-6H,1-2H2,3H3. The Kier molecular flexibility index (Phi) is 4.42. The van der Waals surface area contributed by atoms with Crippen molar-refractivity contribution in [2.75, 3.05) is 7.11 Å². The minimum absolute atomic E-state index is 0.0145. The molecule has 0 amide bonds. The SMILES string of the molecule is C=Nc1cc(-c2c(F)cc(C(=O)OC)cc2F)oc1C(=C)Cl. The van der Waals surface area contributed by atoms with Gasteiger partial charge in [0.05, 0.1) is 23.3 Å². The number of hydrogen-bond donors (Lipinski definition) is 0. The van der Waals surface area contributed by atoms with Crippen molar-refractivity contribution in [1.82, 2.24) is 0 Å². The molecule has 1 aromatic carbocycles. The lowest BCUT2D eigenvalue weighted by molar-refractivity contribution is 0.0599. The number of hydrogen-bond acceptors (Lipinski definition) is 4. The molecule has 0 bridgehead atoms. The quantitative estimate of drug-likeness (QED) is 0.612. The van der Waals surface area contributed by atoms with Gasteiger partial charge in [0.25, 0.3) is 0 Å². The normalized spacial score (nSPS) is 10.4. The number of esters is 1. The molecule has 0 aliphatic heterocycles. The number of halogens is 3. The molecule has 2 rings (SSSR count). The largest absolute Gasteiger partial charge is 0.465 e. The van der Waals surface area contributed by atoms with Crippen LogP contribution in [0.4, 0.5) is 14.5 Å². The number of benzene rings is 1. The van der Waals surface area contributed by atoms with Gasteiger partial charge in [0, 0.05) is 6.07 Å². The van der Waals surface area contributed by atoms with E-state index in [4.69, 9.17) is 16.0 Å². The first-order valence-corrected chi connectivity index (χ1v) is 6.30. The number of rotatable bonds is 4. The molecule has 0 saturated heterocycles. The molecule has 0 radical (unpaired) electrons. The molecule has 114 valence electrons. The number of carbonyl (C=O) groups excluding carboxylic acids is 1. The Morgan fingerprint density at radius 3 is 2.32 bits per heavy atom. The van der Waals surface area contributed by atoms with Crippen molar-refractivity contribution < 1.29 is 22.7 Å². The van der Waals surface area contributed by atoms with Crippen LogP contribution in [0.25, 0.3) is 16.4 Å². The summed E-state index contributed by atoms with van der Waals surface area (Å²) in [7, 11) is 1.11. The molecule has 0 fully saturated rings. The van der Waals surface area contributed by atoms with Crippen LogP contribution >= 0.6 is 11.6 Å². The van der Waals surface area contributed by atoms with Gasteiger partial charge in [-0.15, -0.1) is 0 Å². The number of methoxy groups -OCH3 is 1. The third-order valence-electron chi connectivity index (χ3n) is 2.84. The van der Waals surface area contributed by atoms with Crippen LogP contribution in [0.15, 0.2) is 34.2 Å². The summed E-state index contributed by atoms with van der Waals surface area (Å²) in [6, 6.07) is 2.97. The van der Waals surface area contributed by atoms with E-state index < -0.39 is 23.2 Å². The van der Waals surface area contributed by atoms with Crippen molar-refractivity contribution in [1.29, 1.82) is 0 Å². The molecule has 0 N–H and O–H groups in total. The summed E-state index contributed by atoms with van der Waals surface area (Å²) in [5.74, 6) is -2.92. The van der Waals surface area contributed by atoms with Crippen LogP contribution in [-0.2, 0) is 4.74 Å². The van der Waals surface area contributed by atoms with Crippen molar-refractivity contribution >= 4 is 35.0 Å². The summed E-state index contributed by atoms with van der Waals surface area (Å²) in [6.07, 6.45) is 0. The van der Waals surface area contributed by atoms with E-state index in [1.165, 1.54) is 6.07 Å². The Labute approximate surface area is 129 Å². The van der Waals surface area contributed by atoms with E-state index in [0.29, 0.717) is 0 Å². The second kappa shape index (κ2) is 6.11. The van der Waals surface area contributed by atoms with Crippen LogP contribution in [0.1, 0.15) is 16.1 Å². The van der Waals surface area contributed by atoms with E-state index >= 15 is 0 Å². The topological polar surface area (TPSA) is 51.8 Å². The average Bonchev–Trinajstić information content (AvgIpc) is 2.89. The first kappa shape index (κ1) is 15.9. The lowest BCUT2D eigenvalue weighted by atomic mass is 10.1. The molecule has 22 heavy (non-hydrogen) atoms. The maximum absolute atomic E-state index is 14.1. The minimum atomic E-state index is -0.989. The first-order chi connectivity index (χ1) is 10.4. The third kappa shape index (κ3) is 2.78. The van der Waals surface area contributed by atoms with Crippen molar-refractivity contribution in [2.45, 2.75) is 0 Å². The predicted octanol–water partition coefficient (Wildman–Crippen LogP) is 4.55. The number of aliphatic imine (C=N–C) groups is 1. The second-order valence-electron chi connectivity index (χ2n) is 4.19. The molecule has 0 atom stereocenters. The van der Waals surface area contributed by atoms with E-state index in [2.05, 4.69) is 23.0 Å². The molecule has 1 aromatic heterocycles. The van der Waals surface area contributed by atoms with Crippen LogP contribution in [-0.4, -0.2) is 19.8 Å². The number of nitrogens with zero attached hydrogens (tertiary/aromatic N) is 1. The van der Waals surface area contributed by atoms with Gasteiger partial charge in [-0.05, 0) is 18.9 Å². The van der Waals surface area contributed by atoms with E-state index in [0.717, 1.165) is 19.2 Å². The minimum Gasteiger partial charge on any atom is -0.465 e. The fourth-order valence-corrected chi connectivity index (χ4v) is 2.00. The molecular weight excluding hydrogens is 316 g/mol. The highest BCUT2D eigenvalue weighted by Crippen LogP contribution is 2.38. The van der Waals surface area contributed by atoms with Crippen molar-refractivity contribution in [3.63, 3.8) is 0 Å². The number of carbonyl (C=O) groups is 1. The zero-order valence-electron chi connectivity index (χ0n) is 11.5. The van der Waals surface area contributed by atoms with E-state index in [-0.39, 0.29) is 27.8 Å². The number of furan rings is 1. The highest BCUT2D eigenvalue weighted by atomic mass is 35.5. The Morgan fingerprint density at radius 1 is 1.32 bits per heavy atom. The monoisotopic (exact) mass is 325 g/mol. The van der Waals surface area contributed by atoms with Crippen molar-refractivity contribution in [3.8, 4) is 11.3 Å². The van der Waals surface area contributed by atoms with Gasteiger partial charge in [0.15, 0.2) is 5.76 Å². The smallest absolute Gasteiger partial charge is 0.338 e. The summed E-state index contributed by atoms with van der Waals surface area (Å²) in [5, 5.41) is 0.0145. The molecule has 7 heteroatoms. The Hall–Kier alpha value is -2.47. The van der Waals surface area contributed by atoms with Gasteiger partial charge >= 0.3 is 5.97 Å². The Morgan fingerprint density at radius 2 is 1.91 bits per heavy atom. The Bertz CT molecular complexity index is 760. The fourth-order valence-electron chi connectivity index (χ4n) is 1.86. The fraction of sp³-hybridized carbons (Fsp3) is 0.0667. The van der Waals surface area contributed by atoms with Gasteiger partial charge in [-0.1, -0.05) is 18.2 Å². The van der Waals surface area contributed by atoms with E-state index in [1.807, 2.05) is 0 Å². The number of ether oxygens (including phenoxy) is 1. The van der Waals surface area contributed by atoms with Gasteiger partial charge < -0.3 is 9.15 Å². The molecule has 4 nitrogen and oxygen atoms in total. The highest BCUT2D eigenvalue weighted by Gasteiger charge is 2.22. The molecule has 0 aliphatic rings. The third-order valence-corrected chi connectivity index (χ3v) is 3.01.